The number of ketones is 1. The van der Waals surface area contributed by atoms with Crippen LogP contribution in [0.3, 0.4) is 0 Å². The van der Waals surface area contributed by atoms with E-state index in [-0.39, 0.29) is 55.7 Å². The average Bonchev–Trinajstić information content (AvgIpc) is 3.18. The fourth-order valence-electron chi connectivity index (χ4n) is 7.41. The van der Waals surface area contributed by atoms with Crippen LogP contribution in [-0.4, -0.2) is 37.0 Å². The monoisotopic (exact) mass is 1020 g/mol. The molecule has 2 heterocycles. The molecular formula is C53H68IrN2O2Si2-2. The van der Waals surface area contributed by atoms with E-state index in [0.29, 0.717) is 0 Å². The Morgan fingerprint density at radius 3 is 1.57 bits per heavy atom. The summed E-state index contributed by atoms with van der Waals surface area (Å²) in [5, 5.41) is 16.8. The van der Waals surface area contributed by atoms with E-state index in [1.54, 1.807) is 0 Å². The van der Waals surface area contributed by atoms with E-state index in [4.69, 9.17) is 2.74 Å². The van der Waals surface area contributed by atoms with Crippen molar-refractivity contribution < 1.29 is 32.7 Å². The maximum Gasteiger partial charge on any atom is 0.162 e. The summed E-state index contributed by atoms with van der Waals surface area (Å²) in [6.45, 7) is 30.4. The minimum absolute atomic E-state index is 0. The molecule has 0 aliphatic carbocycles. The first-order valence-electron chi connectivity index (χ1n) is 22.4. The molecule has 0 fully saturated rings. The van der Waals surface area contributed by atoms with Gasteiger partial charge in [-0.1, -0.05) is 141 Å². The second kappa shape index (κ2) is 22.2. The number of aliphatic hydroxyl groups excluding tert-OH is 1. The summed E-state index contributed by atoms with van der Waals surface area (Å²) >= 11 is 0. The Morgan fingerprint density at radius 1 is 0.667 bits per heavy atom. The van der Waals surface area contributed by atoms with E-state index >= 15 is 0 Å². The van der Waals surface area contributed by atoms with Crippen molar-refractivity contribution in [3.63, 3.8) is 0 Å². The summed E-state index contributed by atoms with van der Waals surface area (Å²) < 4.78 is 16.4. The third-order valence-corrected chi connectivity index (χ3v) is 15.1. The molecule has 6 aromatic rings. The number of allylic oxidation sites excluding steroid dienone is 2. The Hall–Kier alpha value is -4.01. The molecule has 0 saturated heterocycles. The third-order valence-electron chi connectivity index (χ3n) is 11.0. The number of carbonyl (C=O) groups is 1. The van der Waals surface area contributed by atoms with Gasteiger partial charge in [-0.15, -0.1) is 69.8 Å². The number of pyridine rings is 2. The van der Waals surface area contributed by atoms with Crippen molar-refractivity contribution in [1.29, 1.82) is 0 Å². The van der Waals surface area contributed by atoms with Crippen LogP contribution in [0.4, 0.5) is 0 Å². The van der Waals surface area contributed by atoms with Crippen molar-refractivity contribution in [1.82, 2.24) is 9.97 Å². The van der Waals surface area contributed by atoms with Crippen LogP contribution < -0.4 is 10.4 Å². The van der Waals surface area contributed by atoms with Crippen LogP contribution in [0.1, 0.15) is 78.4 Å². The molecule has 7 heteroatoms. The Balaban J connectivity index is 0.000000253. The molecule has 0 saturated carbocycles. The fraction of sp³-hybridized carbons (Fsp3) is 0.377. The van der Waals surface area contributed by atoms with Gasteiger partial charge in [0.25, 0.3) is 0 Å². The summed E-state index contributed by atoms with van der Waals surface area (Å²) in [5.74, 6) is 0.547. The first-order chi connectivity index (χ1) is 28.6. The SMILES string of the molecule is CCC(CC)C(=O)/C=C(\O)C(CC)CC.Cc1[c-]c(-c2nccc3cc([Si](C)(C)C)ccc23)cc(C)c1.[2H]c1nc(-c2[c-]c(C)cc(C)c2)c2ccc([Si](C)(C)C)cc2c1[2H].[Ir]. The van der Waals surface area contributed by atoms with Gasteiger partial charge in [-0.25, -0.2) is 0 Å². The molecule has 0 unspecified atom stereocenters. The molecule has 0 amide bonds. The molecule has 4 nitrogen and oxygen atoms in total. The van der Waals surface area contributed by atoms with E-state index in [1.165, 1.54) is 32.8 Å². The molecule has 0 spiro atoms. The normalized spacial score (nSPS) is 12.3. The van der Waals surface area contributed by atoms with E-state index in [1.807, 2.05) is 46.9 Å². The Bertz CT molecular complexity index is 2480. The van der Waals surface area contributed by atoms with Gasteiger partial charge in [-0.2, -0.15) is 0 Å². The summed E-state index contributed by atoms with van der Waals surface area (Å²) in [4.78, 5) is 20.8. The topological polar surface area (TPSA) is 63.1 Å². The number of rotatable bonds is 11. The molecule has 1 N–H and O–H groups in total. The van der Waals surface area contributed by atoms with Gasteiger partial charge in [-0.3, -0.25) is 4.79 Å². The van der Waals surface area contributed by atoms with E-state index in [2.05, 4.69) is 143 Å². The van der Waals surface area contributed by atoms with Crippen molar-refractivity contribution in [2.45, 2.75) is 120 Å². The zero-order valence-electron chi connectivity index (χ0n) is 40.6. The van der Waals surface area contributed by atoms with E-state index in [0.717, 1.165) is 75.7 Å². The van der Waals surface area contributed by atoms with Crippen molar-refractivity contribution in [3.05, 3.63) is 131 Å². The Labute approximate surface area is 380 Å². The second-order valence-electron chi connectivity index (χ2n) is 18.1. The standard InChI is InChI=1S/2C20H22NSi.C13H24O2.Ir/c2*1-14-10-15(2)12-17(11-14)20-19-7-6-18(22(3,4)5)13-16(19)8-9-21-20;1-5-10(6-2)12(14)9-13(15)11(7-3)8-4;/h2*6-11,13H,1-5H3;9-11,14H,5-8H2,1-4H3;/q2*-1;;/b;;12-9-;/i8D,9D;;;. The number of hydrogen-bond acceptors (Lipinski definition) is 4. The molecule has 1 radical (unpaired) electrons. The molecule has 60 heavy (non-hydrogen) atoms. The number of aliphatic hydroxyl groups is 1. The van der Waals surface area contributed by atoms with Crippen molar-refractivity contribution in [2.75, 3.05) is 0 Å². The first-order valence-corrected chi connectivity index (χ1v) is 28.4. The number of benzene rings is 4. The number of fused-ring (bicyclic) bond motifs is 2. The minimum atomic E-state index is -1.48. The summed E-state index contributed by atoms with van der Waals surface area (Å²) in [6.07, 6.45) is 6.85. The molecule has 4 aromatic carbocycles. The van der Waals surface area contributed by atoms with Gasteiger partial charge in [-0.05, 0) is 70.7 Å². The van der Waals surface area contributed by atoms with Crippen LogP contribution in [-0.2, 0) is 24.9 Å². The van der Waals surface area contributed by atoms with Gasteiger partial charge in [0.15, 0.2) is 5.78 Å². The summed E-state index contributed by atoms with van der Waals surface area (Å²) in [5.41, 5.74) is 8.38. The zero-order valence-corrected chi connectivity index (χ0v) is 43.0. The predicted octanol–water partition coefficient (Wildman–Crippen LogP) is 13.6. The quantitative estimate of drug-likeness (QED) is 0.0608. The number of aryl methyl sites for hydroxylation is 4. The number of aromatic nitrogens is 2. The van der Waals surface area contributed by atoms with Crippen LogP contribution in [0.5, 0.6) is 0 Å². The minimum Gasteiger partial charge on any atom is -0.512 e. The number of nitrogens with zero attached hydrogens (tertiary/aromatic N) is 2. The molecule has 2 aromatic heterocycles. The summed E-state index contributed by atoms with van der Waals surface area (Å²) in [7, 11) is -2.77. The molecule has 0 aliphatic heterocycles. The second-order valence-corrected chi connectivity index (χ2v) is 28.2. The van der Waals surface area contributed by atoms with Crippen LogP contribution >= 0.6 is 0 Å². The molecule has 0 aliphatic rings. The van der Waals surface area contributed by atoms with Gasteiger partial charge in [0, 0.05) is 50.4 Å². The maximum atomic E-state index is 11.7. The van der Waals surface area contributed by atoms with Crippen LogP contribution in [0, 0.1) is 51.7 Å². The van der Waals surface area contributed by atoms with Gasteiger partial charge >= 0.3 is 0 Å². The van der Waals surface area contributed by atoms with Crippen LogP contribution in [0.15, 0.2) is 97.0 Å². The van der Waals surface area contributed by atoms with Crippen LogP contribution in [0.25, 0.3) is 44.1 Å². The number of hydrogen-bond donors (Lipinski definition) is 1. The largest absolute Gasteiger partial charge is 0.512 e. The van der Waals surface area contributed by atoms with Gasteiger partial charge in [0.1, 0.15) is 0 Å². The molecule has 0 atom stereocenters. The van der Waals surface area contributed by atoms with Gasteiger partial charge in [0.05, 0.1) is 24.6 Å². The smallest absolute Gasteiger partial charge is 0.162 e. The van der Waals surface area contributed by atoms with Crippen molar-refractivity contribution in [3.8, 4) is 22.5 Å². The van der Waals surface area contributed by atoms with E-state index < -0.39 is 16.1 Å². The zero-order chi connectivity index (χ0) is 45.4. The Morgan fingerprint density at radius 2 is 1.12 bits per heavy atom. The van der Waals surface area contributed by atoms with Gasteiger partial charge in [0.2, 0.25) is 0 Å². The molecular weight excluding hydrogens is 945 g/mol. The fourth-order valence-corrected chi connectivity index (χ4v) is 9.75. The van der Waals surface area contributed by atoms with Crippen molar-refractivity contribution in [2.24, 2.45) is 11.8 Å². The molecule has 0 bridgehead atoms. The first kappa shape index (κ1) is 47.0. The van der Waals surface area contributed by atoms with E-state index in [9.17, 15) is 9.90 Å². The maximum absolute atomic E-state index is 11.7. The average molecular weight is 1020 g/mol. The molecule has 6 rings (SSSR count). The third kappa shape index (κ3) is 13.5. The Kier molecular flexibility index (Phi) is 17.4. The molecule has 321 valence electrons. The predicted molar refractivity (Wildman–Crippen MR) is 261 cm³/mol. The van der Waals surface area contributed by atoms with Crippen LogP contribution in [0.2, 0.25) is 39.3 Å². The summed E-state index contributed by atoms with van der Waals surface area (Å²) in [6, 6.07) is 30.7. The number of carbonyl (C=O) groups excluding carboxylic acids is 1. The van der Waals surface area contributed by atoms with Gasteiger partial charge < -0.3 is 15.1 Å². The van der Waals surface area contributed by atoms with Crippen molar-refractivity contribution >= 4 is 53.8 Å².